The molecule has 0 radical (unpaired) electrons. The van der Waals surface area contributed by atoms with Crippen molar-refractivity contribution in [3.63, 3.8) is 0 Å². The van der Waals surface area contributed by atoms with Gasteiger partial charge in [-0.1, -0.05) is 6.07 Å². The molecule has 0 saturated carbocycles. The minimum Gasteiger partial charge on any atom is -0.367 e. The normalized spacial score (nSPS) is 13.4. The first-order valence-electron chi connectivity index (χ1n) is 4.34. The lowest BCUT2D eigenvalue weighted by atomic mass is 10.1. The smallest absolute Gasteiger partial charge is 0.265 e. The first kappa shape index (κ1) is 13.5. The van der Waals surface area contributed by atoms with Gasteiger partial charge in [0.2, 0.25) is 0 Å². The Labute approximate surface area is 96.3 Å². The fraction of sp³-hybridized carbons (Fsp3) is 0.222. The van der Waals surface area contributed by atoms with E-state index in [2.05, 4.69) is 4.18 Å². The van der Waals surface area contributed by atoms with E-state index in [1.807, 2.05) is 0 Å². The lowest BCUT2D eigenvalue weighted by molar-refractivity contribution is -0.125. The van der Waals surface area contributed by atoms with Crippen molar-refractivity contribution in [2.75, 3.05) is 6.26 Å². The van der Waals surface area contributed by atoms with E-state index in [1.165, 1.54) is 0 Å². The fourth-order valence-electron chi connectivity index (χ4n) is 1.17. The van der Waals surface area contributed by atoms with Crippen LogP contribution in [0.25, 0.3) is 0 Å². The molecular formula is C9H9F2NO4S. The molecule has 1 amide bonds. The minimum absolute atomic E-state index is 0.641. The molecule has 0 aromatic heterocycles. The Hall–Kier alpha value is -1.54. The molecule has 1 aromatic carbocycles. The van der Waals surface area contributed by atoms with Crippen LogP contribution in [0.1, 0.15) is 11.7 Å². The third-order valence-corrected chi connectivity index (χ3v) is 2.33. The quantitative estimate of drug-likeness (QED) is 0.801. The van der Waals surface area contributed by atoms with Crippen molar-refractivity contribution in [2.45, 2.75) is 6.10 Å². The molecule has 0 bridgehead atoms. The van der Waals surface area contributed by atoms with E-state index in [-0.39, 0.29) is 0 Å². The van der Waals surface area contributed by atoms with Crippen LogP contribution in [0.2, 0.25) is 0 Å². The van der Waals surface area contributed by atoms with Gasteiger partial charge in [0, 0.05) is 0 Å². The van der Waals surface area contributed by atoms with E-state index < -0.39 is 39.3 Å². The highest BCUT2D eigenvalue weighted by molar-refractivity contribution is 7.86. The van der Waals surface area contributed by atoms with Crippen LogP contribution < -0.4 is 5.73 Å². The standard InChI is InChI=1S/C9H9F2NO4S/c1-17(14,15)16-8(9(12)13)7-5(10)3-2-4-6(7)11/h2-4,8H,1H3,(H2,12,13). The van der Waals surface area contributed by atoms with E-state index >= 15 is 0 Å². The van der Waals surface area contributed by atoms with Gasteiger partial charge in [-0.05, 0) is 12.1 Å². The third-order valence-electron chi connectivity index (χ3n) is 1.79. The predicted octanol–water partition coefficient (Wildman–Crippen LogP) is 0.467. The molecule has 1 rings (SSSR count). The van der Waals surface area contributed by atoms with E-state index in [9.17, 15) is 22.0 Å². The first-order valence-corrected chi connectivity index (χ1v) is 6.15. The Balaban J connectivity index is 3.29. The van der Waals surface area contributed by atoms with Crippen molar-refractivity contribution in [2.24, 2.45) is 5.73 Å². The van der Waals surface area contributed by atoms with Crippen molar-refractivity contribution < 1.29 is 26.2 Å². The molecule has 0 aliphatic heterocycles. The van der Waals surface area contributed by atoms with E-state index in [0.717, 1.165) is 18.2 Å². The Kier molecular flexibility index (Phi) is 3.79. The molecule has 5 nitrogen and oxygen atoms in total. The molecular weight excluding hydrogens is 256 g/mol. The summed E-state index contributed by atoms with van der Waals surface area (Å²) in [6.45, 7) is 0. The number of halogens is 2. The average Bonchev–Trinajstić information content (AvgIpc) is 2.13. The number of primary amides is 1. The van der Waals surface area contributed by atoms with Crippen molar-refractivity contribution in [3.8, 4) is 0 Å². The van der Waals surface area contributed by atoms with E-state index in [4.69, 9.17) is 5.73 Å². The maximum Gasteiger partial charge on any atom is 0.265 e. The fourth-order valence-corrected chi connectivity index (χ4v) is 1.71. The summed E-state index contributed by atoms with van der Waals surface area (Å²) in [5.41, 5.74) is 4.02. The number of carbonyl (C=O) groups is 1. The summed E-state index contributed by atoms with van der Waals surface area (Å²) in [6, 6.07) is 2.78. The second-order valence-electron chi connectivity index (χ2n) is 3.22. The lowest BCUT2D eigenvalue weighted by Gasteiger charge is -2.14. The van der Waals surface area contributed by atoms with Crippen molar-refractivity contribution in [1.29, 1.82) is 0 Å². The Morgan fingerprint density at radius 3 is 2.18 bits per heavy atom. The number of amides is 1. The van der Waals surface area contributed by atoms with Crippen molar-refractivity contribution in [1.82, 2.24) is 0 Å². The van der Waals surface area contributed by atoms with Crippen LogP contribution in [0.4, 0.5) is 8.78 Å². The van der Waals surface area contributed by atoms with Gasteiger partial charge in [-0.15, -0.1) is 0 Å². The summed E-state index contributed by atoms with van der Waals surface area (Å²) < 4.78 is 52.6. The summed E-state index contributed by atoms with van der Waals surface area (Å²) >= 11 is 0. The maximum atomic E-state index is 13.3. The number of benzene rings is 1. The molecule has 0 aliphatic rings. The molecule has 0 aliphatic carbocycles. The summed E-state index contributed by atoms with van der Waals surface area (Å²) in [6.07, 6.45) is -1.38. The molecule has 94 valence electrons. The van der Waals surface area contributed by atoms with Crippen LogP contribution in [0.15, 0.2) is 18.2 Å². The van der Waals surface area contributed by atoms with E-state index in [1.54, 1.807) is 0 Å². The molecule has 8 heteroatoms. The highest BCUT2D eigenvalue weighted by Crippen LogP contribution is 2.24. The van der Waals surface area contributed by atoms with Gasteiger partial charge in [-0.2, -0.15) is 8.42 Å². The van der Waals surface area contributed by atoms with Crippen LogP contribution in [-0.2, 0) is 19.1 Å². The van der Waals surface area contributed by atoms with E-state index in [0.29, 0.717) is 6.26 Å². The van der Waals surface area contributed by atoms with Crippen molar-refractivity contribution >= 4 is 16.0 Å². The van der Waals surface area contributed by atoms with Crippen LogP contribution >= 0.6 is 0 Å². The zero-order chi connectivity index (χ0) is 13.2. The summed E-state index contributed by atoms with van der Waals surface area (Å²) in [5, 5.41) is 0. The van der Waals surface area contributed by atoms with Gasteiger partial charge in [0.15, 0.2) is 6.10 Å². The third kappa shape index (κ3) is 3.46. The number of hydrogen-bond acceptors (Lipinski definition) is 4. The Morgan fingerprint density at radius 1 is 1.35 bits per heavy atom. The largest absolute Gasteiger partial charge is 0.367 e. The second-order valence-corrected chi connectivity index (χ2v) is 4.82. The SMILES string of the molecule is CS(=O)(=O)OC(C(N)=O)c1c(F)cccc1F. The summed E-state index contributed by atoms with van der Waals surface area (Å²) in [5.74, 6) is -3.53. The zero-order valence-corrected chi connectivity index (χ0v) is 9.50. The monoisotopic (exact) mass is 265 g/mol. The van der Waals surface area contributed by atoms with Gasteiger partial charge < -0.3 is 5.73 Å². The first-order chi connectivity index (χ1) is 7.72. The molecule has 1 atom stereocenters. The number of hydrogen-bond donors (Lipinski definition) is 1. The zero-order valence-electron chi connectivity index (χ0n) is 8.68. The molecule has 2 N–H and O–H groups in total. The topological polar surface area (TPSA) is 86.5 Å². The molecule has 0 heterocycles. The average molecular weight is 265 g/mol. The number of nitrogens with two attached hydrogens (primary N) is 1. The van der Waals surface area contributed by atoms with Crippen LogP contribution in [-0.4, -0.2) is 20.6 Å². The summed E-state index contributed by atoms with van der Waals surface area (Å²) in [7, 11) is -4.08. The molecule has 1 unspecified atom stereocenters. The minimum atomic E-state index is -4.08. The van der Waals surface area contributed by atoms with Crippen LogP contribution in [0.5, 0.6) is 0 Å². The molecule has 0 fully saturated rings. The van der Waals surface area contributed by atoms with Crippen LogP contribution in [0, 0.1) is 11.6 Å². The van der Waals surface area contributed by atoms with Crippen LogP contribution in [0.3, 0.4) is 0 Å². The van der Waals surface area contributed by atoms with Gasteiger partial charge in [-0.3, -0.25) is 8.98 Å². The number of rotatable bonds is 4. The molecule has 0 spiro atoms. The van der Waals surface area contributed by atoms with Gasteiger partial charge in [0.05, 0.1) is 11.8 Å². The predicted molar refractivity (Wildman–Crippen MR) is 54.2 cm³/mol. The van der Waals surface area contributed by atoms with Gasteiger partial charge in [0.25, 0.3) is 16.0 Å². The maximum absolute atomic E-state index is 13.3. The summed E-state index contributed by atoms with van der Waals surface area (Å²) in [4.78, 5) is 11.0. The number of carbonyl (C=O) groups excluding carboxylic acids is 1. The van der Waals surface area contributed by atoms with Crippen molar-refractivity contribution in [3.05, 3.63) is 35.4 Å². The molecule has 17 heavy (non-hydrogen) atoms. The second kappa shape index (κ2) is 4.76. The van der Waals surface area contributed by atoms with Gasteiger partial charge >= 0.3 is 0 Å². The highest BCUT2D eigenvalue weighted by Gasteiger charge is 2.29. The Morgan fingerprint density at radius 2 is 1.82 bits per heavy atom. The lowest BCUT2D eigenvalue weighted by Crippen LogP contribution is -2.27. The van der Waals surface area contributed by atoms with Gasteiger partial charge in [0.1, 0.15) is 11.6 Å². The molecule has 1 aromatic rings. The van der Waals surface area contributed by atoms with Gasteiger partial charge in [-0.25, -0.2) is 8.78 Å². The highest BCUT2D eigenvalue weighted by atomic mass is 32.2. The molecule has 0 saturated heterocycles. The Bertz CT molecular complexity index is 524.